The summed E-state index contributed by atoms with van der Waals surface area (Å²) in [6.45, 7) is 1.44. The van der Waals surface area contributed by atoms with E-state index in [0.717, 1.165) is 34.7 Å². The molecular formula is C21H24BrCl2N3O3S. The first-order chi connectivity index (χ1) is 14.6. The van der Waals surface area contributed by atoms with E-state index in [1.807, 2.05) is 7.05 Å². The molecule has 1 amide bonds. The largest absolute Gasteiger partial charge is 0.352 e. The van der Waals surface area contributed by atoms with Gasteiger partial charge >= 0.3 is 0 Å². The lowest BCUT2D eigenvalue weighted by atomic mass is 10.1. The zero-order valence-electron chi connectivity index (χ0n) is 17.0. The van der Waals surface area contributed by atoms with Crippen molar-refractivity contribution in [2.24, 2.45) is 0 Å². The van der Waals surface area contributed by atoms with Crippen LogP contribution in [0.15, 0.2) is 51.8 Å². The molecule has 0 bridgehead atoms. The van der Waals surface area contributed by atoms with Crippen LogP contribution in [0.2, 0.25) is 10.0 Å². The molecule has 6 nitrogen and oxygen atoms in total. The minimum absolute atomic E-state index is 0.0417. The Morgan fingerprint density at radius 1 is 1.16 bits per heavy atom. The molecule has 10 heteroatoms. The molecule has 0 radical (unpaired) electrons. The molecule has 1 aliphatic heterocycles. The maximum Gasteiger partial charge on any atom is 0.243 e. The van der Waals surface area contributed by atoms with Gasteiger partial charge in [-0.2, -0.15) is 4.31 Å². The summed E-state index contributed by atoms with van der Waals surface area (Å²) in [5, 5.41) is 3.78. The smallest absolute Gasteiger partial charge is 0.243 e. The lowest BCUT2D eigenvalue weighted by Crippen LogP contribution is -2.47. The molecule has 1 saturated heterocycles. The zero-order chi connectivity index (χ0) is 22.6. The molecule has 1 fully saturated rings. The molecule has 0 aliphatic carbocycles. The average molecular weight is 549 g/mol. The highest BCUT2D eigenvalue weighted by Crippen LogP contribution is 2.26. The minimum atomic E-state index is -3.94. The number of amides is 1. The Labute approximate surface area is 201 Å². The number of hydrogen-bond donors (Lipinski definition) is 1. The Morgan fingerprint density at radius 3 is 2.42 bits per heavy atom. The second kappa shape index (κ2) is 10.6. The van der Waals surface area contributed by atoms with Gasteiger partial charge < -0.3 is 10.2 Å². The Hall–Kier alpha value is -1.16. The lowest BCUT2D eigenvalue weighted by molar-refractivity contribution is -0.122. The summed E-state index contributed by atoms with van der Waals surface area (Å²) in [6, 6.07) is 11.2. The first-order valence-corrected chi connectivity index (χ1v) is 12.8. The monoisotopic (exact) mass is 547 g/mol. The van der Waals surface area contributed by atoms with Crippen LogP contribution < -0.4 is 5.32 Å². The zero-order valence-corrected chi connectivity index (χ0v) is 20.9. The summed E-state index contributed by atoms with van der Waals surface area (Å²) in [5.41, 5.74) is 0.568. The number of benzene rings is 2. The van der Waals surface area contributed by atoms with Gasteiger partial charge in [-0.3, -0.25) is 4.79 Å². The molecule has 0 aromatic heterocycles. The highest BCUT2D eigenvalue weighted by molar-refractivity contribution is 9.10. The maximum atomic E-state index is 13.4. The number of likely N-dealkylation sites (tertiary alicyclic amines) is 1. The molecule has 0 saturated carbocycles. The standard InChI is InChI=1S/C21H24BrCl2N3O3S/c1-26-10-8-18(9-11-26)25-21(28)14-27(13-15-2-5-17(23)12-20(15)24)31(29,30)19-6-3-16(22)4-7-19/h2-7,12,18H,8-11,13-14H2,1H3,(H,25,28). The minimum Gasteiger partial charge on any atom is -0.352 e. The van der Waals surface area contributed by atoms with Gasteiger partial charge in [-0.15, -0.1) is 0 Å². The molecule has 0 atom stereocenters. The first-order valence-electron chi connectivity index (χ1n) is 9.82. The SMILES string of the molecule is CN1CCC(NC(=O)CN(Cc2ccc(Cl)cc2Cl)S(=O)(=O)c2ccc(Br)cc2)CC1. The fraction of sp³-hybridized carbons (Fsp3) is 0.381. The van der Waals surface area contributed by atoms with Gasteiger partial charge in [0.2, 0.25) is 15.9 Å². The van der Waals surface area contributed by atoms with E-state index in [0.29, 0.717) is 15.6 Å². The van der Waals surface area contributed by atoms with Crippen molar-refractivity contribution < 1.29 is 13.2 Å². The highest BCUT2D eigenvalue weighted by Gasteiger charge is 2.29. The van der Waals surface area contributed by atoms with Gasteiger partial charge in [-0.25, -0.2) is 8.42 Å². The van der Waals surface area contributed by atoms with Gasteiger partial charge in [-0.05, 0) is 74.9 Å². The van der Waals surface area contributed by atoms with Crippen LogP contribution in [0.4, 0.5) is 0 Å². The van der Waals surface area contributed by atoms with E-state index in [9.17, 15) is 13.2 Å². The number of nitrogens with zero attached hydrogens (tertiary/aromatic N) is 2. The van der Waals surface area contributed by atoms with E-state index in [-0.39, 0.29) is 29.9 Å². The van der Waals surface area contributed by atoms with Crippen LogP contribution in [0, 0.1) is 0 Å². The van der Waals surface area contributed by atoms with Gasteiger partial charge in [0.25, 0.3) is 0 Å². The number of carbonyl (C=O) groups excluding carboxylic acids is 1. The van der Waals surface area contributed by atoms with Gasteiger partial charge in [-0.1, -0.05) is 45.2 Å². The Balaban J connectivity index is 1.82. The highest BCUT2D eigenvalue weighted by atomic mass is 79.9. The van der Waals surface area contributed by atoms with Crippen LogP contribution in [0.3, 0.4) is 0 Å². The number of halogens is 3. The molecule has 0 spiro atoms. The van der Waals surface area contributed by atoms with Crippen LogP contribution in [0.1, 0.15) is 18.4 Å². The van der Waals surface area contributed by atoms with Crippen LogP contribution in [0.5, 0.6) is 0 Å². The van der Waals surface area contributed by atoms with Gasteiger partial charge in [0.1, 0.15) is 0 Å². The quantitative estimate of drug-likeness (QED) is 0.564. The molecule has 2 aromatic rings. The molecule has 3 rings (SSSR count). The summed E-state index contributed by atoms with van der Waals surface area (Å²) < 4.78 is 28.6. The number of rotatable bonds is 7. The summed E-state index contributed by atoms with van der Waals surface area (Å²) in [7, 11) is -1.89. The summed E-state index contributed by atoms with van der Waals surface area (Å²) >= 11 is 15.6. The Kier molecular flexibility index (Phi) is 8.40. The number of nitrogens with one attached hydrogen (secondary N) is 1. The first kappa shape index (κ1) is 24.5. The lowest BCUT2D eigenvalue weighted by Gasteiger charge is -2.30. The Bertz CT molecular complexity index is 1030. The van der Waals surface area contributed by atoms with E-state index in [1.54, 1.807) is 30.3 Å². The second-order valence-electron chi connectivity index (χ2n) is 7.61. The molecule has 1 aliphatic rings. The average Bonchev–Trinajstić information content (AvgIpc) is 2.71. The molecule has 1 heterocycles. The maximum absolute atomic E-state index is 13.4. The third-order valence-electron chi connectivity index (χ3n) is 5.22. The normalized spacial score (nSPS) is 15.9. The molecule has 0 unspecified atom stereocenters. The molecule has 168 valence electrons. The van der Waals surface area contributed by atoms with Crippen LogP contribution in [-0.2, 0) is 21.4 Å². The van der Waals surface area contributed by atoms with Gasteiger partial charge in [0, 0.05) is 27.1 Å². The summed E-state index contributed by atoms with van der Waals surface area (Å²) in [4.78, 5) is 15.1. The predicted octanol–water partition coefficient (Wildman–Crippen LogP) is 4.16. The van der Waals surface area contributed by atoms with E-state index < -0.39 is 10.0 Å². The molecule has 31 heavy (non-hydrogen) atoms. The van der Waals surface area contributed by atoms with Crippen LogP contribution >= 0.6 is 39.1 Å². The van der Waals surface area contributed by atoms with E-state index in [4.69, 9.17) is 23.2 Å². The van der Waals surface area contributed by atoms with E-state index in [1.165, 1.54) is 12.1 Å². The summed E-state index contributed by atoms with van der Waals surface area (Å²) in [6.07, 6.45) is 1.68. The van der Waals surface area contributed by atoms with Crippen molar-refractivity contribution in [3.8, 4) is 0 Å². The van der Waals surface area contributed by atoms with Crippen molar-refractivity contribution in [2.45, 2.75) is 30.3 Å². The van der Waals surface area contributed by atoms with Crippen molar-refractivity contribution >= 4 is 55.1 Å². The predicted molar refractivity (Wildman–Crippen MR) is 127 cm³/mol. The van der Waals surface area contributed by atoms with Gasteiger partial charge in [0.15, 0.2) is 0 Å². The van der Waals surface area contributed by atoms with Crippen molar-refractivity contribution in [3.63, 3.8) is 0 Å². The van der Waals surface area contributed by atoms with Crippen molar-refractivity contribution in [1.82, 2.24) is 14.5 Å². The van der Waals surface area contributed by atoms with Crippen molar-refractivity contribution in [3.05, 3.63) is 62.5 Å². The number of piperidine rings is 1. The third kappa shape index (κ3) is 6.66. The van der Waals surface area contributed by atoms with E-state index >= 15 is 0 Å². The fourth-order valence-electron chi connectivity index (χ4n) is 3.41. The van der Waals surface area contributed by atoms with Crippen LogP contribution in [0.25, 0.3) is 0 Å². The van der Waals surface area contributed by atoms with Gasteiger partial charge in [0.05, 0.1) is 11.4 Å². The second-order valence-corrected chi connectivity index (χ2v) is 11.3. The fourth-order valence-corrected chi connectivity index (χ4v) is 5.51. The van der Waals surface area contributed by atoms with Crippen molar-refractivity contribution in [1.29, 1.82) is 0 Å². The number of sulfonamides is 1. The number of carbonyl (C=O) groups is 1. The topological polar surface area (TPSA) is 69.7 Å². The molecule has 1 N–H and O–H groups in total. The summed E-state index contributed by atoms with van der Waals surface area (Å²) in [5.74, 6) is -0.333. The van der Waals surface area contributed by atoms with Crippen LogP contribution in [-0.4, -0.2) is 56.3 Å². The number of hydrogen-bond acceptors (Lipinski definition) is 4. The molecule has 2 aromatic carbocycles. The third-order valence-corrected chi connectivity index (χ3v) is 8.14. The Morgan fingerprint density at radius 2 is 1.81 bits per heavy atom. The van der Waals surface area contributed by atoms with Crippen molar-refractivity contribution in [2.75, 3.05) is 26.7 Å². The van der Waals surface area contributed by atoms with E-state index in [2.05, 4.69) is 26.1 Å². The molecular weight excluding hydrogens is 525 g/mol.